The van der Waals surface area contributed by atoms with Crippen molar-refractivity contribution in [1.82, 2.24) is 24.6 Å². The Labute approximate surface area is 167 Å². The average Bonchev–Trinajstić information content (AvgIpc) is 3.00. The molecule has 1 aliphatic heterocycles. The fraction of sp³-hybridized carbons (Fsp3) is 0.300. The maximum atomic E-state index is 12.9. The van der Waals surface area contributed by atoms with Gasteiger partial charge in [-0.1, -0.05) is 17.7 Å². The Morgan fingerprint density at radius 3 is 2.29 bits per heavy atom. The molecule has 3 aromatic rings. The number of hydrogen-bond donors (Lipinski definition) is 0. The second-order valence-corrected chi connectivity index (χ2v) is 7.34. The van der Waals surface area contributed by atoms with Crippen LogP contribution in [0.1, 0.15) is 26.4 Å². The van der Waals surface area contributed by atoms with E-state index in [0.29, 0.717) is 42.3 Å². The van der Waals surface area contributed by atoms with E-state index in [2.05, 4.69) is 10.1 Å². The lowest BCUT2D eigenvalue weighted by atomic mass is 10.1. The Hall–Kier alpha value is -2.93. The van der Waals surface area contributed by atoms with Gasteiger partial charge in [0, 0.05) is 55.4 Å². The molecule has 0 aliphatic carbocycles. The smallest absolute Gasteiger partial charge is 0.255 e. The van der Waals surface area contributed by atoms with Crippen LogP contribution in [0, 0.1) is 6.92 Å². The fourth-order valence-corrected chi connectivity index (χ4v) is 3.71. The van der Waals surface area contributed by atoms with E-state index in [9.17, 15) is 9.59 Å². The van der Waals surface area contributed by atoms with Crippen molar-refractivity contribution in [2.24, 2.45) is 7.05 Å². The normalized spacial score (nSPS) is 14.5. The van der Waals surface area contributed by atoms with E-state index >= 15 is 0 Å². The van der Waals surface area contributed by atoms with E-state index in [1.807, 2.05) is 20.0 Å². The highest BCUT2D eigenvalue weighted by Crippen LogP contribution is 2.19. The lowest BCUT2D eigenvalue weighted by Gasteiger charge is -2.34. The summed E-state index contributed by atoms with van der Waals surface area (Å²) in [5, 5.41) is 5.76. The summed E-state index contributed by atoms with van der Waals surface area (Å²) < 4.78 is 1.71. The van der Waals surface area contributed by atoms with E-state index in [0.717, 1.165) is 16.7 Å². The molecule has 1 saturated heterocycles. The minimum atomic E-state index is -0.0764. The molecule has 4 rings (SSSR count). The van der Waals surface area contributed by atoms with Gasteiger partial charge in [-0.2, -0.15) is 5.10 Å². The number of carbonyl (C=O) groups excluding carboxylic acids is 2. The van der Waals surface area contributed by atoms with Crippen molar-refractivity contribution in [1.29, 1.82) is 0 Å². The number of halogens is 1. The van der Waals surface area contributed by atoms with Crippen LogP contribution >= 0.6 is 11.6 Å². The lowest BCUT2D eigenvalue weighted by Crippen LogP contribution is -2.50. The predicted octanol–water partition coefficient (Wildman–Crippen LogP) is 2.53. The summed E-state index contributed by atoms with van der Waals surface area (Å²) in [5.74, 6) is -0.142. The zero-order valence-corrected chi connectivity index (χ0v) is 16.5. The minimum Gasteiger partial charge on any atom is -0.335 e. The number of rotatable bonds is 2. The number of carbonyl (C=O) groups is 2. The number of aryl methyl sites for hydroxylation is 2. The first-order valence-electron chi connectivity index (χ1n) is 9.07. The number of piperazine rings is 1. The first kappa shape index (κ1) is 18.4. The van der Waals surface area contributed by atoms with Gasteiger partial charge in [-0.15, -0.1) is 0 Å². The lowest BCUT2D eigenvalue weighted by molar-refractivity contribution is 0.0535. The molecule has 0 N–H and O–H groups in total. The van der Waals surface area contributed by atoms with Gasteiger partial charge in [-0.05, 0) is 31.2 Å². The molecule has 1 aliphatic rings. The molecule has 7 nitrogen and oxygen atoms in total. The summed E-state index contributed by atoms with van der Waals surface area (Å²) >= 11 is 5.98. The molecular weight excluding hydrogens is 378 g/mol. The van der Waals surface area contributed by atoms with Gasteiger partial charge < -0.3 is 9.80 Å². The maximum absolute atomic E-state index is 12.9. The van der Waals surface area contributed by atoms with Crippen molar-refractivity contribution in [2.45, 2.75) is 6.92 Å². The SMILES string of the molecule is Cc1nn(C)c2ncc(C(=O)N3CCN(C(=O)c4cccc(Cl)c4)CC3)cc12. The van der Waals surface area contributed by atoms with Crippen LogP contribution in [-0.2, 0) is 7.05 Å². The molecule has 2 amide bonds. The van der Waals surface area contributed by atoms with Crippen molar-refractivity contribution in [3.8, 4) is 0 Å². The largest absolute Gasteiger partial charge is 0.335 e. The van der Waals surface area contributed by atoms with Gasteiger partial charge in [0.2, 0.25) is 0 Å². The number of benzene rings is 1. The topological polar surface area (TPSA) is 71.3 Å². The molecule has 28 heavy (non-hydrogen) atoms. The van der Waals surface area contributed by atoms with E-state index in [-0.39, 0.29) is 11.8 Å². The third-order valence-corrected chi connectivity index (χ3v) is 5.27. The van der Waals surface area contributed by atoms with E-state index < -0.39 is 0 Å². The Bertz CT molecular complexity index is 1070. The summed E-state index contributed by atoms with van der Waals surface area (Å²) in [7, 11) is 1.83. The third kappa shape index (κ3) is 3.33. The van der Waals surface area contributed by atoms with Crippen LogP contribution in [0.3, 0.4) is 0 Å². The monoisotopic (exact) mass is 397 g/mol. The highest BCUT2D eigenvalue weighted by molar-refractivity contribution is 6.30. The van der Waals surface area contributed by atoms with Crippen molar-refractivity contribution >= 4 is 34.4 Å². The minimum absolute atomic E-state index is 0.0660. The Kier molecular flexibility index (Phi) is 4.77. The second kappa shape index (κ2) is 7.24. The van der Waals surface area contributed by atoms with Crippen LogP contribution in [-0.4, -0.2) is 62.6 Å². The molecule has 2 aromatic heterocycles. The zero-order chi connectivity index (χ0) is 19.8. The highest BCUT2D eigenvalue weighted by Gasteiger charge is 2.26. The van der Waals surface area contributed by atoms with Crippen LogP contribution < -0.4 is 0 Å². The van der Waals surface area contributed by atoms with E-state index in [1.54, 1.807) is 44.9 Å². The Balaban J connectivity index is 1.45. The zero-order valence-electron chi connectivity index (χ0n) is 15.7. The standard InChI is InChI=1S/C20H20ClN5O2/c1-13-17-11-15(12-22-18(17)24(2)23-13)20(28)26-8-6-25(7-9-26)19(27)14-4-3-5-16(21)10-14/h3-5,10-12H,6-9H2,1-2H3. The molecule has 0 saturated carbocycles. The van der Waals surface area contributed by atoms with E-state index in [4.69, 9.17) is 11.6 Å². The molecule has 8 heteroatoms. The molecular formula is C20H20ClN5O2. The van der Waals surface area contributed by atoms with Crippen LogP contribution in [0.5, 0.6) is 0 Å². The quantitative estimate of drug-likeness (QED) is 0.666. The molecule has 3 heterocycles. The molecule has 1 fully saturated rings. The second-order valence-electron chi connectivity index (χ2n) is 6.90. The summed E-state index contributed by atoms with van der Waals surface area (Å²) in [6, 6.07) is 8.76. The van der Waals surface area contributed by atoms with Crippen LogP contribution in [0.25, 0.3) is 11.0 Å². The predicted molar refractivity (Wildman–Crippen MR) is 107 cm³/mol. The average molecular weight is 398 g/mol. The summed E-state index contributed by atoms with van der Waals surface area (Å²) in [5.41, 5.74) is 2.70. The number of hydrogen-bond acceptors (Lipinski definition) is 4. The van der Waals surface area contributed by atoms with Gasteiger partial charge in [0.15, 0.2) is 5.65 Å². The van der Waals surface area contributed by atoms with E-state index in [1.165, 1.54) is 0 Å². The molecule has 144 valence electrons. The number of pyridine rings is 1. The summed E-state index contributed by atoms with van der Waals surface area (Å²) in [4.78, 5) is 33.4. The number of aromatic nitrogens is 3. The summed E-state index contributed by atoms with van der Waals surface area (Å²) in [6.07, 6.45) is 1.59. The first-order chi connectivity index (χ1) is 13.4. The highest BCUT2D eigenvalue weighted by atomic mass is 35.5. The number of fused-ring (bicyclic) bond motifs is 1. The van der Waals surface area contributed by atoms with Crippen molar-refractivity contribution in [2.75, 3.05) is 26.2 Å². The Morgan fingerprint density at radius 1 is 1.00 bits per heavy atom. The van der Waals surface area contributed by atoms with Gasteiger partial charge in [0.25, 0.3) is 11.8 Å². The van der Waals surface area contributed by atoms with Crippen molar-refractivity contribution in [3.05, 3.63) is 58.4 Å². The maximum Gasteiger partial charge on any atom is 0.255 e. The number of nitrogens with zero attached hydrogens (tertiary/aromatic N) is 5. The third-order valence-electron chi connectivity index (χ3n) is 5.04. The van der Waals surface area contributed by atoms with Gasteiger partial charge >= 0.3 is 0 Å². The van der Waals surface area contributed by atoms with Crippen molar-refractivity contribution in [3.63, 3.8) is 0 Å². The van der Waals surface area contributed by atoms with Crippen LogP contribution in [0.2, 0.25) is 5.02 Å². The fourth-order valence-electron chi connectivity index (χ4n) is 3.52. The van der Waals surface area contributed by atoms with Gasteiger partial charge in [0.05, 0.1) is 11.3 Å². The molecule has 1 aromatic carbocycles. The molecule has 0 atom stereocenters. The molecule has 0 radical (unpaired) electrons. The molecule has 0 unspecified atom stereocenters. The van der Waals surface area contributed by atoms with Crippen molar-refractivity contribution < 1.29 is 9.59 Å². The molecule has 0 bridgehead atoms. The van der Waals surface area contributed by atoms with Crippen LogP contribution in [0.15, 0.2) is 36.5 Å². The summed E-state index contributed by atoms with van der Waals surface area (Å²) in [6.45, 7) is 3.83. The van der Waals surface area contributed by atoms with Crippen LogP contribution in [0.4, 0.5) is 0 Å². The van der Waals surface area contributed by atoms with Gasteiger partial charge in [-0.25, -0.2) is 4.98 Å². The Morgan fingerprint density at radius 2 is 1.64 bits per heavy atom. The first-order valence-corrected chi connectivity index (χ1v) is 9.45. The van der Waals surface area contributed by atoms with Gasteiger partial charge in [0.1, 0.15) is 0 Å². The molecule has 0 spiro atoms. The van der Waals surface area contributed by atoms with Gasteiger partial charge in [-0.3, -0.25) is 14.3 Å². The number of amides is 2.